The van der Waals surface area contributed by atoms with Crippen LogP contribution in [0.1, 0.15) is 71.1 Å². The Bertz CT molecular complexity index is 196. The average Bonchev–Trinajstić information content (AvgIpc) is 2.38. The summed E-state index contributed by atoms with van der Waals surface area (Å²) in [6.45, 7) is 5.86. The van der Waals surface area contributed by atoms with E-state index in [4.69, 9.17) is 0 Å². The maximum Gasteiger partial charge on any atom is 0.0540 e. The molecule has 1 N–H and O–H groups in total. The summed E-state index contributed by atoms with van der Waals surface area (Å²) < 4.78 is 0. The van der Waals surface area contributed by atoms with Crippen molar-refractivity contribution < 1.29 is 5.11 Å². The van der Waals surface area contributed by atoms with Crippen molar-refractivity contribution in [1.82, 2.24) is 0 Å². The highest BCUT2D eigenvalue weighted by molar-refractivity contribution is 4.96. The van der Waals surface area contributed by atoms with Gasteiger partial charge in [0.2, 0.25) is 0 Å². The number of unbranched alkanes of at least 4 members (excludes halogenated alkanes) is 7. The first-order chi connectivity index (χ1) is 8.81. The van der Waals surface area contributed by atoms with Gasteiger partial charge in [-0.15, -0.1) is 0 Å². The largest absolute Gasteiger partial charge is 0.393 e. The van der Waals surface area contributed by atoms with Crippen LogP contribution in [0.3, 0.4) is 0 Å². The lowest BCUT2D eigenvalue weighted by molar-refractivity contribution is 0.150. The van der Waals surface area contributed by atoms with E-state index in [-0.39, 0.29) is 6.10 Å². The highest BCUT2D eigenvalue weighted by atomic mass is 16.3. The van der Waals surface area contributed by atoms with Crippen LogP contribution in [0, 0.1) is 6.42 Å². The van der Waals surface area contributed by atoms with Gasteiger partial charge in [-0.05, 0) is 44.9 Å². The molecule has 0 saturated heterocycles. The Morgan fingerprint density at radius 3 is 2.56 bits per heavy atom. The second kappa shape index (κ2) is 14.5. The SMILES string of the molecule is C=CC=CCCC[CH]CCC(O)CCCCCC. The second-order valence-electron chi connectivity index (χ2n) is 4.96. The van der Waals surface area contributed by atoms with E-state index in [1.165, 1.54) is 32.1 Å². The highest BCUT2D eigenvalue weighted by Crippen LogP contribution is 2.12. The van der Waals surface area contributed by atoms with Crippen LogP contribution in [0.25, 0.3) is 0 Å². The predicted molar refractivity (Wildman–Crippen MR) is 81.5 cm³/mol. The van der Waals surface area contributed by atoms with Crippen molar-refractivity contribution in [1.29, 1.82) is 0 Å². The van der Waals surface area contributed by atoms with E-state index in [0.717, 1.165) is 32.1 Å². The number of rotatable bonds is 13. The van der Waals surface area contributed by atoms with Gasteiger partial charge in [-0.25, -0.2) is 0 Å². The number of aliphatic hydroxyl groups is 1. The average molecular weight is 251 g/mol. The maximum atomic E-state index is 9.78. The van der Waals surface area contributed by atoms with Crippen LogP contribution >= 0.6 is 0 Å². The maximum absolute atomic E-state index is 9.78. The molecule has 0 fully saturated rings. The standard InChI is InChI=1S/C17H31O/c1-3-5-7-9-10-11-12-14-16-17(18)15-13-8-6-4-2/h3,5,7,12,17-18H,1,4,6,8-11,13-16H2,2H3. The van der Waals surface area contributed by atoms with Crippen molar-refractivity contribution in [2.45, 2.75) is 77.2 Å². The second-order valence-corrected chi connectivity index (χ2v) is 4.96. The normalized spacial score (nSPS) is 13.0. The molecule has 0 aromatic rings. The quantitative estimate of drug-likeness (QED) is 0.352. The van der Waals surface area contributed by atoms with Crippen LogP contribution in [0.15, 0.2) is 24.8 Å². The summed E-state index contributed by atoms with van der Waals surface area (Å²) in [4.78, 5) is 0. The Balaban J connectivity index is 3.17. The van der Waals surface area contributed by atoms with Crippen molar-refractivity contribution in [3.63, 3.8) is 0 Å². The van der Waals surface area contributed by atoms with Crippen molar-refractivity contribution in [3.05, 3.63) is 31.2 Å². The van der Waals surface area contributed by atoms with E-state index in [2.05, 4.69) is 26.0 Å². The third-order valence-electron chi connectivity index (χ3n) is 3.15. The molecule has 0 aromatic heterocycles. The molecule has 1 nitrogen and oxygen atoms in total. The van der Waals surface area contributed by atoms with Crippen LogP contribution in [0.2, 0.25) is 0 Å². The van der Waals surface area contributed by atoms with Crippen LogP contribution in [-0.4, -0.2) is 11.2 Å². The molecular formula is C17H31O. The van der Waals surface area contributed by atoms with Crippen molar-refractivity contribution >= 4 is 0 Å². The fraction of sp³-hybridized carbons (Fsp3) is 0.706. The van der Waals surface area contributed by atoms with E-state index in [1.54, 1.807) is 0 Å². The zero-order chi connectivity index (χ0) is 13.5. The molecule has 1 atom stereocenters. The Morgan fingerprint density at radius 2 is 1.83 bits per heavy atom. The molecule has 0 bridgehead atoms. The smallest absolute Gasteiger partial charge is 0.0540 e. The molecule has 1 unspecified atom stereocenters. The van der Waals surface area contributed by atoms with Gasteiger partial charge < -0.3 is 5.11 Å². The lowest BCUT2D eigenvalue weighted by Gasteiger charge is -2.09. The van der Waals surface area contributed by atoms with Gasteiger partial charge in [0.25, 0.3) is 0 Å². The van der Waals surface area contributed by atoms with Gasteiger partial charge in [-0.1, -0.05) is 57.4 Å². The minimum Gasteiger partial charge on any atom is -0.393 e. The molecule has 0 spiro atoms. The topological polar surface area (TPSA) is 20.2 Å². The summed E-state index contributed by atoms with van der Waals surface area (Å²) in [6.07, 6.45) is 19.7. The summed E-state index contributed by atoms with van der Waals surface area (Å²) >= 11 is 0. The minimum atomic E-state index is -0.0845. The fourth-order valence-electron chi connectivity index (χ4n) is 1.98. The van der Waals surface area contributed by atoms with E-state index in [9.17, 15) is 5.11 Å². The summed E-state index contributed by atoms with van der Waals surface area (Å²) in [5, 5.41) is 9.78. The highest BCUT2D eigenvalue weighted by Gasteiger charge is 2.03. The van der Waals surface area contributed by atoms with E-state index < -0.39 is 0 Å². The Hall–Kier alpha value is -0.560. The lowest BCUT2D eigenvalue weighted by Crippen LogP contribution is -2.06. The van der Waals surface area contributed by atoms with Gasteiger partial charge in [0.1, 0.15) is 0 Å². The first kappa shape index (κ1) is 17.4. The van der Waals surface area contributed by atoms with Crippen LogP contribution < -0.4 is 0 Å². The van der Waals surface area contributed by atoms with Crippen LogP contribution in [-0.2, 0) is 0 Å². The first-order valence-electron chi connectivity index (χ1n) is 7.58. The Morgan fingerprint density at radius 1 is 1.00 bits per heavy atom. The van der Waals surface area contributed by atoms with Crippen LogP contribution in [0.5, 0.6) is 0 Å². The van der Waals surface area contributed by atoms with Gasteiger partial charge in [-0.2, -0.15) is 0 Å². The van der Waals surface area contributed by atoms with Gasteiger partial charge in [0.05, 0.1) is 6.10 Å². The first-order valence-corrected chi connectivity index (χ1v) is 7.58. The van der Waals surface area contributed by atoms with Gasteiger partial charge in [-0.3, -0.25) is 0 Å². The zero-order valence-electron chi connectivity index (χ0n) is 12.1. The molecule has 0 saturated carbocycles. The number of hydrogen-bond acceptors (Lipinski definition) is 1. The van der Waals surface area contributed by atoms with Crippen molar-refractivity contribution in [2.75, 3.05) is 0 Å². The van der Waals surface area contributed by atoms with Crippen molar-refractivity contribution in [3.8, 4) is 0 Å². The third-order valence-corrected chi connectivity index (χ3v) is 3.15. The summed E-state index contributed by atoms with van der Waals surface area (Å²) in [5.74, 6) is 0. The molecular weight excluding hydrogens is 220 g/mol. The summed E-state index contributed by atoms with van der Waals surface area (Å²) in [5.41, 5.74) is 0. The molecule has 0 aliphatic heterocycles. The minimum absolute atomic E-state index is 0.0845. The summed E-state index contributed by atoms with van der Waals surface area (Å²) in [6, 6.07) is 0. The molecule has 105 valence electrons. The zero-order valence-corrected chi connectivity index (χ0v) is 12.1. The van der Waals surface area contributed by atoms with Crippen molar-refractivity contribution in [2.24, 2.45) is 0 Å². The molecule has 1 radical (unpaired) electrons. The van der Waals surface area contributed by atoms with E-state index in [0.29, 0.717) is 0 Å². The molecule has 0 heterocycles. The van der Waals surface area contributed by atoms with Gasteiger partial charge in [0.15, 0.2) is 0 Å². The predicted octanol–water partition coefficient (Wildman–Crippen LogP) is 5.21. The molecule has 0 aromatic carbocycles. The van der Waals surface area contributed by atoms with Gasteiger partial charge in [0, 0.05) is 0 Å². The molecule has 18 heavy (non-hydrogen) atoms. The van der Waals surface area contributed by atoms with E-state index >= 15 is 0 Å². The molecule has 0 aliphatic carbocycles. The fourth-order valence-corrected chi connectivity index (χ4v) is 1.98. The Kier molecular flexibility index (Phi) is 14.0. The number of hydrogen-bond donors (Lipinski definition) is 1. The molecule has 1 heteroatoms. The third kappa shape index (κ3) is 13.5. The van der Waals surface area contributed by atoms with Gasteiger partial charge >= 0.3 is 0 Å². The molecule has 0 amide bonds. The number of aliphatic hydroxyl groups excluding tert-OH is 1. The molecule has 0 rings (SSSR count). The molecule has 0 aliphatic rings. The number of allylic oxidation sites excluding steroid dienone is 3. The summed E-state index contributed by atoms with van der Waals surface area (Å²) in [7, 11) is 0. The monoisotopic (exact) mass is 251 g/mol. The van der Waals surface area contributed by atoms with Crippen LogP contribution in [0.4, 0.5) is 0 Å². The lowest BCUT2D eigenvalue weighted by atomic mass is 10.0. The van der Waals surface area contributed by atoms with E-state index in [1.807, 2.05) is 12.2 Å². The Labute approximate surface area is 114 Å².